The van der Waals surface area contributed by atoms with Gasteiger partial charge in [-0.1, -0.05) is 0 Å². The van der Waals surface area contributed by atoms with Gasteiger partial charge in [0, 0.05) is 6.54 Å². The van der Waals surface area contributed by atoms with Gasteiger partial charge in [-0.3, -0.25) is 0 Å². The molecule has 1 aromatic rings. The quantitative estimate of drug-likeness (QED) is 0.670. The molecule has 1 unspecified atom stereocenters. The fourth-order valence-corrected chi connectivity index (χ4v) is 0.949. The first-order chi connectivity index (χ1) is 5.66. The molecule has 1 rings (SSSR count). The van der Waals surface area contributed by atoms with Crippen molar-refractivity contribution in [1.82, 2.24) is 9.55 Å². The number of imidazole rings is 1. The number of aliphatic hydroxyl groups is 1. The number of carboxylic acid groups (broad SMARTS) is 1. The van der Waals surface area contributed by atoms with Crippen LogP contribution in [0.1, 0.15) is 18.7 Å². The van der Waals surface area contributed by atoms with Gasteiger partial charge in [0.1, 0.15) is 0 Å². The topological polar surface area (TPSA) is 75.3 Å². The molecule has 5 nitrogen and oxygen atoms in total. The number of rotatable bonds is 3. The van der Waals surface area contributed by atoms with Gasteiger partial charge in [0.2, 0.25) is 0 Å². The summed E-state index contributed by atoms with van der Waals surface area (Å²) < 4.78 is 1.58. The van der Waals surface area contributed by atoms with Crippen LogP contribution < -0.4 is 0 Å². The minimum Gasteiger partial charge on any atom is -0.479 e. The fourth-order valence-electron chi connectivity index (χ4n) is 0.949. The molecule has 66 valence electrons. The Morgan fingerprint density at radius 3 is 3.00 bits per heavy atom. The average Bonchev–Trinajstić information content (AvgIpc) is 2.49. The third-order valence-electron chi connectivity index (χ3n) is 1.60. The normalized spacial score (nSPS) is 12.8. The molecule has 0 amide bonds. The molecule has 1 atom stereocenters. The lowest BCUT2D eigenvalue weighted by atomic mass is 10.3. The van der Waals surface area contributed by atoms with Crippen molar-refractivity contribution < 1.29 is 15.0 Å². The largest absolute Gasteiger partial charge is 0.479 e. The van der Waals surface area contributed by atoms with Crippen molar-refractivity contribution in [3.05, 3.63) is 18.2 Å². The summed E-state index contributed by atoms with van der Waals surface area (Å²) in [6.07, 6.45) is 1.36. The number of carbonyl (C=O) groups is 1. The van der Waals surface area contributed by atoms with Crippen molar-refractivity contribution in [2.75, 3.05) is 0 Å². The highest BCUT2D eigenvalue weighted by atomic mass is 16.4. The highest BCUT2D eigenvalue weighted by Crippen LogP contribution is 2.11. The van der Waals surface area contributed by atoms with E-state index in [-0.39, 0.29) is 0 Å². The van der Waals surface area contributed by atoms with Gasteiger partial charge >= 0.3 is 5.97 Å². The second-order valence-corrected chi connectivity index (χ2v) is 2.35. The smallest absolute Gasteiger partial charge is 0.338 e. The van der Waals surface area contributed by atoms with Crippen molar-refractivity contribution in [2.45, 2.75) is 19.6 Å². The summed E-state index contributed by atoms with van der Waals surface area (Å²) in [5.74, 6) is -1.26. The van der Waals surface area contributed by atoms with Crippen LogP contribution >= 0.6 is 0 Å². The molecule has 2 N–H and O–H groups in total. The number of nitrogens with zero attached hydrogens (tertiary/aromatic N) is 2. The summed E-state index contributed by atoms with van der Waals surface area (Å²) in [6, 6.07) is 0. The standard InChI is InChI=1S/C7H10N2O3/c1-2-9-4-8-3-5(9)6(10)7(11)12/h3-4,6,10H,2H2,1H3,(H,11,12). The number of hydrogen-bond acceptors (Lipinski definition) is 3. The first-order valence-electron chi connectivity index (χ1n) is 3.57. The third kappa shape index (κ3) is 1.45. The summed E-state index contributed by atoms with van der Waals surface area (Å²) in [5.41, 5.74) is 0.310. The number of aliphatic hydroxyl groups excluding tert-OH is 1. The van der Waals surface area contributed by atoms with Crippen molar-refractivity contribution in [3.8, 4) is 0 Å². The van der Waals surface area contributed by atoms with E-state index in [1.54, 1.807) is 4.57 Å². The van der Waals surface area contributed by atoms with Gasteiger partial charge in [0.05, 0.1) is 18.2 Å². The average molecular weight is 170 g/mol. The Labute approximate surface area is 69.3 Å². The van der Waals surface area contributed by atoms with Gasteiger partial charge < -0.3 is 14.8 Å². The summed E-state index contributed by atoms with van der Waals surface area (Å²) in [7, 11) is 0. The van der Waals surface area contributed by atoms with Crippen LogP contribution in [0.5, 0.6) is 0 Å². The summed E-state index contributed by atoms with van der Waals surface area (Å²) in [5, 5.41) is 17.6. The molecule has 0 aliphatic heterocycles. The Bertz CT molecular complexity index is 282. The van der Waals surface area contributed by atoms with Crippen LogP contribution in [0.3, 0.4) is 0 Å². The molecule has 1 aromatic heterocycles. The Kier molecular flexibility index (Phi) is 2.44. The van der Waals surface area contributed by atoms with Gasteiger partial charge in [0.25, 0.3) is 0 Å². The zero-order chi connectivity index (χ0) is 9.14. The maximum Gasteiger partial charge on any atom is 0.338 e. The van der Waals surface area contributed by atoms with E-state index in [4.69, 9.17) is 10.2 Å². The molecular formula is C7H10N2O3. The Hall–Kier alpha value is -1.36. The minimum atomic E-state index is -1.48. The maximum atomic E-state index is 10.4. The summed E-state index contributed by atoms with van der Waals surface area (Å²) >= 11 is 0. The number of hydrogen-bond donors (Lipinski definition) is 2. The van der Waals surface area contributed by atoms with E-state index >= 15 is 0 Å². The summed E-state index contributed by atoms with van der Waals surface area (Å²) in [6.45, 7) is 2.44. The Morgan fingerprint density at radius 2 is 2.50 bits per heavy atom. The molecule has 0 aliphatic carbocycles. The van der Waals surface area contributed by atoms with E-state index in [1.165, 1.54) is 12.5 Å². The molecule has 12 heavy (non-hydrogen) atoms. The van der Waals surface area contributed by atoms with Crippen molar-refractivity contribution in [1.29, 1.82) is 0 Å². The van der Waals surface area contributed by atoms with Gasteiger partial charge in [-0.25, -0.2) is 9.78 Å². The molecule has 0 saturated heterocycles. The van der Waals surface area contributed by atoms with E-state index in [0.717, 1.165) is 0 Å². The van der Waals surface area contributed by atoms with Crippen molar-refractivity contribution >= 4 is 5.97 Å². The zero-order valence-electron chi connectivity index (χ0n) is 6.64. The van der Waals surface area contributed by atoms with Crippen LogP contribution in [0.15, 0.2) is 12.5 Å². The van der Waals surface area contributed by atoms with Crippen LogP contribution in [0.2, 0.25) is 0 Å². The second kappa shape index (κ2) is 3.36. The minimum absolute atomic E-state index is 0.310. The van der Waals surface area contributed by atoms with E-state index in [1.807, 2.05) is 6.92 Å². The Balaban J connectivity index is 2.93. The monoisotopic (exact) mass is 170 g/mol. The van der Waals surface area contributed by atoms with E-state index in [2.05, 4.69) is 4.98 Å². The SMILES string of the molecule is CCn1cncc1C(O)C(=O)O. The van der Waals surface area contributed by atoms with E-state index < -0.39 is 12.1 Å². The highest BCUT2D eigenvalue weighted by Gasteiger charge is 2.19. The number of carboxylic acids is 1. The lowest BCUT2D eigenvalue weighted by Crippen LogP contribution is -2.14. The lowest BCUT2D eigenvalue weighted by molar-refractivity contribution is -0.147. The first-order valence-corrected chi connectivity index (χ1v) is 3.57. The van der Waals surface area contributed by atoms with Crippen LogP contribution in [0.4, 0.5) is 0 Å². The number of aliphatic carboxylic acids is 1. The van der Waals surface area contributed by atoms with Gasteiger partial charge in [-0.15, -0.1) is 0 Å². The molecule has 0 spiro atoms. The molecule has 0 fully saturated rings. The first kappa shape index (κ1) is 8.73. The van der Waals surface area contributed by atoms with Crippen LogP contribution in [0.25, 0.3) is 0 Å². The predicted octanol–water partition coefficient (Wildman–Crippen LogP) is 0.0210. The second-order valence-electron chi connectivity index (χ2n) is 2.35. The number of aryl methyl sites for hydroxylation is 1. The zero-order valence-corrected chi connectivity index (χ0v) is 6.64. The molecule has 5 heteroatoms. The summed E-state index contributed by atoms with van der Waals surface area (Å²) in [4.78, 5) is 14.1. The molecule has 0 bridgehead atoms. The van der Waals surface area contributed by atoms with Crippen LogP contribution in [-0.2, 0) is 11.3 Å². The van der Waals surface area contributed by atoms with E-state index in [0.29, 0.717) is 12.2 Å². The molecule has 0 aliphatic rings. The van der Waals surface area contributed by atoms with Crippen molar-refractivity contribution in [2.24, 2.45) is 0 Å². The predicted molar refractivity (Wildman–Crippen MR) is 40.5 cm³/mol. The maximum absolute atomic E-state index is 10.4. The third-order valence-corrected chi connectivity index (χ3v) is 1.60. The van der Waals surface area contributed by atoms with E-state index in [9.17, 15) is 4.79 Å². The highest BCUT2D eigenvalue weighted by molar-refractivity contribution is 5.73. The van der Waals surface area contributed by atoms with Gasteiger partial charge in [0.15, 0.2) is 6.10 Å². The molecule has 1 heterocycles. The van der Waals surface area contributed by atoms with Crippen LogP contribution in [0, 0.1) is 0 Å². The fraction of sp³-hybridized carbons (Fsp3) is 0.429. The van der Waals surface area contributed by atoms with Crippen LogP contribution in [-0.4, -0.2) is 25.7 Å². The van der Waals surface area contributed by atoms with Crippen molar-refractivity contribution in [3.63, 3.8) is 0 Å². The van der Waals surface area contributed by atoms with Gasteiger partial charge in [-0.05, 0) is 6.92 Å². The molecule has 0 aromatic carbocycles. The number of aromatic nitrogens is 2. The Morgan fingerprint density at radius 1 is 1.83 bits per heavy atom. The molecule has 0 saturated carbocycles. The van der Waals surface area contributed by atoms with Gasteiger partial charge in [-0.2, -0.15) is 0 Å². The molecular weight excluding hydrogens is 160 g/mol. The lowest BCUT2D eigenvalue weighted by Gasteiger charge is -2.07. The molecule has 0 radical (unpaired) electrons.